The number of hydrogen-bond donors (Lipinski definition) is 2. The monoisotopic (exact) mass is 322 g/mol. The first-order valence-corrected chi connectivity index (χ1v) is 7.41. The fourth-order valence-electron chi connectivity index (χ4n) is 2.41. The molecule has 0 aliphatic carbocycles. The van der Waals surface area contributed by atoms with E-state index in [4.69, 9.17) is 13.9 Å². The molecule has 23 heavy (non-hydrogen) atoms. The van der Waals surface area contributed by atoms with E-state index in [9.17, 15) is 15.0 Å². The molecule has 0 unspecified atom stereocenters. The highest BCUT2D eigenvalue weighted by atomic mass is 16.5. The molecule has 2 atom stereocenters. The van der Waals surface area contributed by atoms with E-state index in [1.165, 1.54) is 27.0 Å². The predicted octanol–water partition coefficient (Wildman–Crippen LogP) is 2.01. The van der Waals surface area contributed by atoms with E-state index in [0.29, 0.717) is 28.9 Å². The van der Waals surface area contributed by atoms with Crippen molar-refractivity contribution in [2.75, 3.05) is 13.7 Å². The van der Waals surface area contributed by atoms with Crippen LogP contribution in [-0.2, 0) is 4.74 Å². The number of rotatable bonds is 6. The zero-order valence-corrected chi connectivity index (χ0v) is 13.7. The van der Waals surface area contributed by atoms with E-state index in [2.05, 4.69) is 0 Å². The number of fused-ring (bicyclic) bond motifs is 1. The quantitative estimate of drug-likeness (QED) is 0.791. The number of hydrogen-bond acceptors (Lipinski definition) is 6. The minimum Gasteiger partial charge on any atom is -0.496 e. The van der Waals surface area contributed by atoms with Crippen molar-refractivity contribution in [1.82, 2.24) is 0 Å². The standard InChI is InChI=1S/C17H22O6/c1-5-22-15(16(19)17(2,3)20)11-8-10-6-7-14(18)23-12(10)9-13(11)21-4/h6-9,15-16,19-20H,5H2,1-4H3/t15-,16-/m0/s1. The highest BCUT2D eigenvalue weighted by Gasteiger charge is 2.35. The molecule has 1 heterocycles. The highest BCUT2D eigenvalue weighted by Crippen LogP contribution is 2.36. The van der Waals surface area contributed by atoms with Crippen molar-refractivity contribution in [2.45, 2.75) is 38.6 Å². The van der Waals surface area contributed by atoms with Gasteiger partial charge in [0.15, 0.2) is 0 Å². The fraction of sp³-hybridized carbons (Fsp3) is 0.471. The summed E-state index contributed by atoms with van der Waals surface area (Å²) in [6.45, 7) is 5.17. The summed E-state index contributed by atoms with van der Waals surface area (Å²) < 4.78 is 16.1. The molecular formula is C17H22O6. The van der Waals surface area contributed by atoms with Crippen LogP contribution in [0.3, 0.4) is 0 Å². The molecule has 0 radical (unpaired) electrons. The first-order chi connectivity index (χ1) is 10.8. The molecule has 0 aliphatic rings. The Balaban J connectivity index is 2.61. The molecule has 0 saturated heterocycles. The summed E-state index contributed by atoms with van der Waals surface area (Å²) in [4.78, 5) is 11.3. The van der Waals surface area contributed by atoms with Gasteiger partial charge in [-0.25, -0.2) is 4.79 Å². The molecule has 0 fully saturated rings. The Morgan fingerprint density at radius 2 is 2.00 bits per heavy atom. The number of ether oxygens (including phenoxy) is 2. The molecule has 2 N–H and O–H groups in total. The molecule has 2 rings (SSSR count). The summed E-state index contributed by atoms with van der Waals surface area (Å²) in [6.07, 6.45) is -1.95. The normalized spacial score (nSPS) is 14.7. The van der Waals surface area contributed by atoms with Gasteiger partial charge in [0.05, 0.1) is 12.7 Å². The van der Waals surface area contributed by atoms with Crippen molar-refractivity contribution < 1.29 is 24.1 Å². The lowest BCUT2D eigenvalue weighted by Crippen LogP contribution is -2.41. The van der Waals surface area contributed by atoms with Gasteiger partial charge in [-0.1, -0.05) is 0 Å². The second kappa shape index (κ2) is 6.70. The van der Waals surface area contributed by atoms with Crippen molar-refractivity contribution in [3.63, 3.8) is 0 Å². The van der Waals surface area contributed by atoms with Crippen molar-refractivity contribution in [2.24, 2.45) is 0 Å². The van der Waals surface area contributed by atoms with Crippen LogP contribution in [0.25, 0.3) is 11.0 Å². The van der Waals surface area contributed by atoms with E-state index in [0.717, 1.165) is 0 Å². The van der Waals surface area contributed by atoms with Gasteiger partial charge >= 0.3 is 5.63 Å². The summed E-state index contributed by atoms with van der Waals surface area (Å²) in [5.41, 5.74) is -0.857. The Morgan fingerprint density at radius 3 is 2.57 bits per heavy atom. The Hall–Kier alpha value is -1.89. The maximum Gasteiger partial charge on any atom is 0.336 e. The number of aliphatic hydroxyl groups is 2. The second-order valence-corrected chi connectivity index (χ2v) is 5.86. The summed E-state index contributed by atoms with van der Waals surface area (Å²) in [5.74, 6) is 0.411. The van der Waals surface area contributed by atoms with Gasteiger partial charge < -0.3 is 24.1 Å². The summed E-state index contributed by atoms with van der Waals surface area (Å²) in [7, 11) is 1.48. The molecule has 6 nitrogen and oxygen atoms in total. The molecule has 0 saturated carbocycles. The van der Waals surface area contributed by atoms with Crippen LogP contribution >= 0.6 is 0 Å². The lowest BCUT2D eigenvalue weighted by molar-refractivity contribution is -0.127. The fourth-order valence-corrected chi connectivity index (χ4v) is 2.41. The molecule has 6 heteroatoms. The van der Waals surface area contributed by atoms with Crippen molar-refractivity contribution in [1.29, 1.82) is 0 Å². The molecule has 0 bridgehead atoms. The van der Waals surface area contributed by atoms with E-state index in [1.807, 2.05) is 0 Å². The van der Waals surface area contributed by atoms with Crippen LogP contribution in [0.5, 0.6) is 5.75 Å². The van der Waals surface area contributed by atoms with Crippen LogP contribution in [0, 0.1) is 0 Å². The third-order valence-electron chi connectivity index (χ3n) is 3.63. The van der Waals surface area contributed by atoms with Gasteiger partial charge in [0.25, 0.3) is 0 Å². The van der Waals surface area contributed by atoms with E-state index in [1.54, 1.807) is 25.1 Å². The molecule has 1 aromatic carbocycles. The number of benzene rings is 1. The molecule has 1 aromatic heterocycles. The number of methoxy groups -OCH3 is 1. The Bertz CT molecular complexity index is 728. The van der Waals surface area contributed by atoms with Gasteiger partial charge in [-0.15, -0.1) is 0 Å². The zero-order chi connectivity index (χ0) is 17.2. The molecule has 2 aromatic rings. The smallest absolute Gasteiger partial charge is 0.336 e. The summed E-state index contributed by atoms with van der Waals surface area (Å²) in [6, 6.07) is 6.26. The minimum absolute atomic E-state index is 0.350. The molecule has 0 amide bonds. The maximum atomic E-state index is 11.3. The van der Waals surface area contributed by atoms with Crippen LogP contribution in [0.15, 0.2) is 33.5 Å². The third kappa shape index (κ3) is 3.72. The maximum absolute atomic E-state index is 11.3. The van der Waals surface area contributed by atoms with E-state index < -0.39 is 23.4 Å². The Kier molecular flexibility index (Phi) is 5.09. The van der Waals surface area contributed by atoms with Gasteiger partial charge in [-0.2, -0.15) is 0 Å². The van der Waals surface area contributed by atoms with Crippen LogP contribution in [0.2, 0.25) is 0 Å². The molecule has 0 aliphatic heterocycles. The average molecular weight is 322 g/mol. The van der Waals surface area contributed by atoms with Crippen molar-refractivity contribution >= 4 is 11.0 Å². The van der Waals surface area contributed by atoms with Gasteiger partial charge in [0.2, 0.25) is 0 Å². The van der Waals surface area contributed by atoms with Crippen molar-refractivity contribution in [3.05, 3.63) is 40.2 Å². The Morgan fingerprint density at radius 1 is 1.30 bits per heavy atom. The van der Waals surface area contributed by atoms with Gasteiger partial charge in [-0.05, 0) is 32.9 Å². The van der Waals surface area contributed by atoms with Gasteiger partial charge in [-0.3, -0.25) is 0 Å². The topological polar surface area (TPSA) is 89.1 Å². The largest absolute Gasteiger partial charge is 0.496 e. The SMILES string of the molecule is CCO[C@@H](c1cc2ccc(=O)oc2cc1OC)[C@H](O)C(C)(C)O. The minimum atomic E-state index is -1.36. The molecule has 0 spiro atoms. The predicted molar refractivity (Wildman–Crippen MR) is 85.7 cm³/mol. The summed E-state index contributed by atoms with van der Waals surface area (Å²) in [5, 5.41) is 21.3. The van der Waals surface area contributed by atoms with Gasteiger partial charge in [0.1, 0.15) is 23.5 Å². The van der Waals surface area contributed by atoms with E-state index >= 15 is 0 Å². The lowest BCUT2D eigenvalue weighted by Gasteiger charge is -2.32. The number of aliphatic hydroxyl groups excluding tert-OH is 1. The summed E-state index contributed by atoms with van der Waals surface area (Å²) >= 11 is 0. The zero-order valence-electron chi connectivity index (χ0n) is 13.7. The molecular weight excluding hydrogens is 300 g/mol. The molecule has 126 valence electrons. The first kappa shape index (κ1) is 17.5. The third-order valence-corrected chi connectivity index (χ3v) is 3.63. The van der Waals surface area contributed by atoms with E-state index in [-0.39, 0.29) is 0 Å². The second-order valence-electron chi connectivity index (χ2n) is 5.86. The van der Waals surface area contributed by atoms with Crippen molar-refractivity contribution in [3.8, 4) is 5.75 Å². The first-order valence-electron chi connectivity index (χ1n) is 7.41. The van der Waals surface area contributed by atoms with Crippen LogP contribution < -0.4 is 10.4 Å². The van der Waals surface area contributed by atoms with Crippen LogP contribution in [0.4, 0.5) is 0 Å². The highest BCUT2D eigenvalue weighted by molar-refractivity contribution is 5.79. The van der Waals surface area contributed by atoms with Crippen LogP contribution in [0.1, 0.15) is 32.4 Å². The Labute approximate surface area is 134 Å². The average Bonchev–Trinajstić information content (AvgIpc) is 2.49. The lowest BCUT2D eigenvalue weighted by atomic mass is 9.91. The van der Waals surface area contributed by atoms with Crippen LogP contribution in [-0.4, -0.2) is 35.6 Å². The van der Waals surface area contributed by atoms with Gasteiger partial charge in [0, 0.05) is 29.7 Å².